The number of amides is 2. The Morgan fingerprint density at radius 3 is 2.44 bits per heavy atom. The van der Waals surface area contributed by atoms with Crippen molar-refractivity contribution in [1.29, 1.82) is 0 Å². The molecular formula is C23H23ClFN5O4. The Labute approximate surface area is 199 Å². The van der Waals surface area contributed by atoms with Gasteiger partial charge in [0.15, 0.2) is 11.4 Å². The van der Waals surface area contributed by atoms with Crippen LogP contribution in [0.3, 0.4) is 0 Å². The van der Waals surface area contributed by atoms with Crippen molar-refractivity contribution in [1.82, 2.24) is 15.0 Å². The predicted octanol–water partition coefficient (Wildman–Crippen LogP) is 1.99. The Bertz CT molecular complexity index is 1280. The topological polar surface area (TPSA) is 121 Å². The van der Waals surface area contributed by atoms with E-state index >= 15 is 0 Å². The van der Waals surface area contributed by atoms with E-state index in [2.05, 4.69) is 5.32 Å². The first-order valence-electron chi connectivity index (χ1n) is 10.1. The first-order chi connectivity index (χ1) is 16.1. The quantitative estimate of drug-likeness (QED) is 0.418. The lowest BCUT2D eigenvalue weighted by Gasteiger charge is -2.34. The van der Waals surface area contributed by atoms with E-state index in [0.717, 1.165) is 22.5 Å². The molecule has 1 aromatic heterocycles. The molecule has 0 saturated carbocycles. The summed E-state index contributed by atoms with van der Waals surface area (Å²) < 4.78 is 15.2. The number of aromatic nitrogens is 1. The molecule has 0 spiro atoms. The number of carbonyl (C=O) groups is 2. The van der Waals surface area contributed by atoms with E-state index in [4.69, 9.17) is 17.3 Å². The van der Waals surface area contributed by atoms with E-state index in [0.29, 0.717) is 0 Å². The molecule has 0 bridgehead atoms. The fourth-order valence-electron chi connectivity index (χ4n) is 3.26. The van der Waals surface area contributed by atoms with E-state index in [1.54, 1.807) is 19.1 Å². The molecule has 0 unspecified atom stereocenters. The van der Waals surface area contributed by atoms with Gasteiger partial charge < -0.3 is 16.2 Å². The molecule has 0 aliphatic carbocycles. The minimum atomic E-state index is -1.09. The van der Waals surface area contributed by atoms with Gasteiger partial charge in [0.25, 0.3) is 11.8 Å². The van der Waals surface area contributed by atoms with Crippen LogP contribution < -0.4 is 21.6 Å². The largest absolute Gasteiger partial charge is 0.502 e. The second-order valence-electron chi connectivity index (χ2n) is 7.56. The normalized spacial score (nSPS) is 10.9. The zero-order valence-electron chi connectivity index (χ0n) is 18.5. The lowest BCUT2D eigenvalue weighted by atomic mass is 10.1. The summed E-state index contributed by atoms with van der Waals surface area (Å²) in [6.45, 7) is -0.0194. The van der Waals surface area contributed by atoms with Gasteiger partial charge in [-0.05, 0) is 17.7 Å². The first-order valence-corrected chi connectivity index (χ1v) is 10.5. The summed E-state index contributed by atoms with van der Waals surface area (Å²) >= 11 is 5.74. The maximum atomic E-state index is 14.0. The third-order valence-corrected chi connectivity index (χ3v) is 5.21. The van der Waals surface area contributed by atoms with Crippen LogP contribution in [0.1, 0.15) is 32.0 Å². The summed E-state index contributed by atoms with van der Waals surface area (Å²) in [6, 6.07) is 13.2. The Hall–Kier alpha value is -3.89. The van der Waals surface area contributed by atoms with E-state index in [-0.39, 0.29) is 23.7 Å². The molecule has 0 fully saturated rings. The number of nitrogens with two attached hydrogens (primary N) is 1. The number of primary amides is 1. The van der Waals surface area contributed by atoms with Crippen molar-refractivity contribution in [3.05, 3.63) is 98.2 Å². The highest BCUT2D eigenvalue weighted by Gasteiger charge is 2.26. The van der Waals surface area contributed by atoms with Gasteiger partial charge in [0.1, 0.15) is 11.4 Å². The maximum Gasteiger partial charge on any atom is 0.271 e. The molecule has 0 radical (unpaired) electrons. The highest BCUT2D eigenvalue weighted by atomic mass is 35.5. The van der Waals surface area contributed by atoms with Gasteiger partial charge in [0.2, 0.25) is 5.43 Å². The summed E-state index contributed by atoms with van der Waals surface area (Å²) in [5.41, 5.74) is 4.40. The van der Waals surface area contributed by atoms with Crippen LogP contribution in [0.4, 0.5) is 4.39 Å². The van der Waals surface area contributed by atoms with Gasteiger partial charge in [-0.15, -0.1) is 0 Å². The lowest BCUT2D eigenvalue weighted by molar-refractivity contribution is 0.0939. The summed E-state index contributed by atoms with van der Waals surface area (Å²) in [5.74, 6) is -3.54. The minimum Gasteiger partial charge on any atom is -0.502 e. The second kappa shape index (κ2) is 10.4. The Balaban J connectivity index is 2.02. The SMILES string of the molecule is CN(C)N(Cc1ccccc1)n1cc(C(=O)NCc2ccc(Cl)cc2F)c(=O)c(O)c1C(N)=O. The molecule has 4 N–H and O–H groups in total. The highest BCUT2D eigenvalue weighted by Crippen LogP contribution is 2.17. The Morgan fingerprint density at radius 1 is 1.18 bits per heavy atom. The number of hydrazine groups is 1. The second-order valence-corrected chi connectivity index (χ2v) is 8.00. The molecular weight excluding hydrogens is 465 g/mol. The summed E-state index contributed by atoms with van der Waals surface area (Å²) in [4.78, 5) is 37.7. The van der Waals surface area contributed by atoms with Gasteiger partial charge in [-0.1, -0.05) is 48.0 Å². The monoisotopic (exact) mass is 487 g/mol. The van der Waals surface area contributed by atoms with Crippen LogP contribution in [-0.4, -0.2) is 40.7 Å². The summed E-state index contributed by atoms with van der Waals surface area (Å²) in [6.07, 6.45) is 1.11. The predicted molar refractivity (Wildman–Crippen MR) is 126 cm³/mol. The van der Waals surface area contributed by atoms with Crippen LogP contribution in [-0.2, 0) is 13.1 Å². The Morgan fingerprint density at radius 2 is 1.85 bits per heavy atom. The zero-order valence-corrected chi connectivity index (χ0v) is 19.2. The van der Waals surface area contributed by atoms with Crippen molar-refractivity contribution >= 4 is 23.4 Å². The fraction of sp³-hybridized carbons (Fsp3) is 0.174. The molecule has 0 aliphatic heterocycles. The van der Waals surface area contributed by atoms with Crippen molar-refractivity contribution in [3.8, 4) is 5.75 Å². The number of pyridine rings is 1. The average Bonchev–Trinajstić information content (AvgIpc) is 2.78. The summed E-state index contributed by atoms with van der Waals surface area (Å²) in [5, 5.41) is 16.2. The van der Waals surface area contributed by atoms with Crippen LogP contribution in [0.2, 0.25) is 5.02 Å². The Kier molecular flexibility index (Phi) is 7.54. The number of nitrogens with one attached hydrogen (secondary N) is 1. The molecule has 2 aromatic carbocycles. The van der Waals surface area contributed by atoms with E-state index in [1.807, 2.05) is 30.3 Å². The van der Waals surface area contributed by atoms with Crippen LogP contribution in [0.25, 0.3) is 0 Å². The van der Waals surface area contributed by atoms with Gasteiger partial charge in [-0.25, -0.2) is 19.2 Å². The van der Waals surface area contributed by atoms with Crippen LogP contribution >= 0.6 is 11.6 Å². The first kappa shape index (κ1) is 24.7. The molecule has 0 atom stereocenters. The van der Waals surface area contributed by atoms with E-state index in [1.165, 1.54) is 17.3 Å². The number of rotatable bonds is 8. The molecule has 3 rings (SSSR count). The number of halogens is 2. The number of nitrogens with zero attached hydrogens (tertiary/aromatic N) is 3. The van der Waals surface area contributed by atoms with E-state index in [9.17, 15) is 23.9 Å². The number of hydrogen-bond donors (Lipinski definition) is 3. The standard InChI is InChI=1S/C23H23ClFN5O4/c1-28(2)30(12-14-6-4-3-5-7-14)29-13-17(20(31)21(32)19(29)22(26)33)23(34)27-11-15-8-9-16(24)10-18(15)25/h3-10,13,32H,11-12H2,1-2H3,(H2,26,33)(H,27,34). The van der Waals surface area contributed by atoms with Crippen LogP contribution in [0.15, 0.2) is 59.5 Å². The molecule has 3 aromatic rings. The van der Waals surface area contributed by atoms with Crippen molar-refractivity contribution in [2.75, 3.05) is 19.2 Å². The van der Waals surface area contributed by atoms with Crippen molar-refractivity contribution < 1.29 is 19.1 Å². The zero-order chi connectivity index (χ0) is 25.0. The highest BCUT2D eigenvalue weighted by molar-refractivity contribution is 6.30. The molecule has 2 amide bonds. The number of carbonyl (C=O) groups excluding carboxylic acids is 2. The molecule has 178 valence electrons. The van der Waals surface area contributed by atoms with Gasteiger partial charge in [0, 0.05) is 37.4 Å². The molecule has 11 heteroatoms. The molecule has 0 aliphatic rings. The fourth-order valence-corrected chi connectivity index (χ4v) is 3.41. The van der Waals surface area contributed by atoms with Crippen molar-refractivity contribution in [2.45, 2.75) is 13.1 Å². The van der Waals surface area contributed by atoms with Gasteiger partial charge in [0.05, 0.1) is 6.54 Å². The maximum absolute atomic E-state index is 14.0. The lowest BCUT2D eigenvalue weighted by Crippen LogP contribution is -2.48. The van der Waals surface area contributed by atoms with Gasteiger partial charge in [-0.3, -0.25) is 14.4 Å². The summed E-state index contributed by atoms with van der Waals surface area (Å²) in [7, 11) is 3.35. The third kappa shape index (κ3) is 5.36. The van der Waals surface area contributed by atoms with Crippen LogP contribution in [0.5, 0.6) is 5.75 Å². The minimum absolute atomic E-state index is 0.148. The number of benzene rings is 2. The third-order valence-electron chi connectivity index (χ3n) is 4.97. The molecule has 0 saturated heterocycles. The molecule has 1 heterocycles. The van der Waals surface area contributed by atoms with E-state index < -0.39 is 40.1 Å². The van der Waals surface area contributed by atoms with Crippen LogP contribution in [0, 0.1) is 5.82 Å². The van der Waals surface area contributed by atoms with Crippen molar-refractivity contribution in [3.63, 3.8) is 0 Å². The van der Waals surface area contributed by atoms with Gasteiger partial charge >= 0.3 is 0 Å². The smallest absolute Gasteiger partial charge is 0.271 e. The molecule has 9 nitrogen and oxygen atoms in total. The average molecular weight is 488 g/mol. The van der Waals surface area contributed by atoms with Crippen molar-refractivity contribution in [2.24, 2.45) is 5.73 Å². The number of hydrogen-bond acceptors (Lipinski definition) is 6. The number of aromatic hydroxyl groups is 1. The molecule has 34 heavy (non-hydrogen) atoms. The van der Waals surface area contributed by atoms with Gasteiger partial charge in [-0.2, -0.15) is 0 Å².